The Hall–Kier alpha value is -0.120. The zero-order chi connectivity index (χ0) is 6.69. The first kappa shape index (κ1) is 6.99. The Morgan fingerprint density at radius 1 is 1.33 bits per heavy atom. The van der Waals surface area contributed by atoms with Gasteiger partial charge in [-0.2, -0.15) is 0 Å². The van der Waals surface area contributed by atoms with Gasteiger partial charge >= 0.3 is 0 Å². The van der Waals surface area contributed by atoms with Crippen LogP contribution in [0.2, 0.25) is 0 Å². The maximum absolute atomic E-state index is 5.04. The van der Waals surface area contributed by atoms with Crippen molar-refractivity contribution in [1.29, 1.82) is 0 Å². The Bertz CT molecular complexity index is 79.1. The molecule has 0 amide bonds. The summed E-state index contributed by atoms with van der Waals surface area (Å²) >= 11 is 0. The van der Waals surface area contributed by atoms with Crippen LogP contribution in [0.3, 0.4) is 0 Å². The lowest BCUT2D eigenvalue weighted by atomic mass is 10.0. The van der Waals surface area contributed by atoms with E-state index in [9.17, 15) is 0 Å². The lowest BCUT2D eigenvalue weighted by Crippen LogP contribution is -2.49. The highest BCUT2D eigenvalue weighted by Gasteiger charge is 2.26. The second kappa shape index (κ2) is 3.15. The second-order valence-electron chi connectivity index (χ2n) is 2.26. The summed E-state index contributed by atoms with van der Waals surface area (Å²) in [6.45, 7) is 2.04. The molecule has 0 saturated carbocycles. The van der Waals surface area contributed by atoms with E-state index in [1.165, 1.54) is 0 Å². The first-order valence-electron chi connectivity index (χ1n) is 3.14. The van der Waals surface area contributed by atoms with E-state index in [4.69, 9.17) is 9.47 Å². The second-order valence-corrected chi connectivity index (χ2v) is 2.26. The third kappa shape index (κ3) is 1.41. The highest BCUT2D eigenvalue weighted by Crippen LogP contribution is 2.11. The molecule has 3 nitrogen and oxygen atoms in total. The third-order valence-corrected chi connectivity index (χ3v) is 1.66. The molecule has 1 saturated heterocycles. The lowest BCUT2D eigenvalue weighted by Gasteiger charge is -2.32. The van der Waals surface area contributed by atoms with Crippen molar-refractivity contribution in [3.8, 4) is 0 Å². The van der Waals surface area contributed by atoms with Crippen molar-refractivity contribution < 1.29 is 9.47 Å². The number of rotatable bonds is 3. The largest absolute Gasteiger partial charge is 0.356 e. The first-order valence-corrected chi connectivity index (χ1v) is 3.14. The summed E-state index contributed by atoms with van der Waals surface area (Å²) in [7, 11) is 3.35. The molecule has 3 heteroatoms. The van der Waals surface area contributed by atoms with Crippen LogP contribution in [0, 0.1) is 5.92 Å². The summed E-state index contributed by atoms with van der Waals surface area (Å²) in [6, 6.07) is 0. The summed E-state index contributed by atoms with van der Waals surface area (Å²) in [4.78, 5) is 0. The predicted molar refractivity (Wildman–Crippen MR) is 34.2 cm³/mol. The van der Waals surface area contributed by atoms with Crippen molar-refractivity contribution in [3.05, 3.63) is 0 Å². The van der Waals surface area contributed by atoms with E-state index in [-0.39, 0.29) is 6.29 Å². The Labute approximate surface area is 55.3 Å². The predicted octanol–water partition coefficient (Wildman–Crippen LogP) is -0.175. The van der Waals surface area contributed by atoms with Crippen molar-refractivity contribution in [2.75, 3.05) is 27.3 Å². The highest BCUT2D eigenvalue weighted by molar-refractivity contribution is 4.77. The zero-order valence-corrected chi connectivity index (χ0v) is 5.89. The maximum Gasteiger partial charge on any atom is 0.162 e. The lowest BCUT2D eigenvalue weighted by molar-refractivity contribution is -0.146. The smallest absolute Gasteiger partial charge is 0.162 e. The van der Waals surface area contributed by atoms with E-state index in [2.05, 4.69) is 5.32 Å². The number of hydrogen-bond acceptors (Lipinski definition) is 3. The van der Waals surface area contributed by atoms with Gasteiger partial charge in [0, 0.05) is 33.2 Å². The molecule has 0 aliphatic carbocycles. The highest BCUT2D eigenvalue weighted by atomic mass is 16.7. The van der Waals surface area contributed by atoms with Gasteiger partial charge in [0.05, 0.1) is 0 Å². The minimum absolute atomic E-state index is 0.00810. The molecule has 0 bridgehead atoms. The van der Waals surface area contributed by atoms with E-state index in [0.717, 1.165) is 13.1 Å². The van der Waals surface area contributed by atoms with Crippen molar-refractivity contribution in [2.24, 2.45) is 5.92 Å². The van der Waals surface area contributed by atoms with Gasteiger partial charge in [0.15, 0.2) is 6.29 Å². The van der Waals surface area contributed by atoms with Crippen molar-refractivity contribution in [2.45, 2.75) is 6.29 Å². The zero-order valence-electron chi connectivity index (χ0n) is 5.89. The standard InChI is InChI=1S/C6H13NO2/c1-8-6(9-2)5-3-7-4-5/h5-7H,3-4H2,1-2H3. The fourth-order valence-corrected chi connectivity index (χ4v) is 0.985. The summed E-state index contributed by atoms with van der Waals surface area (Å²) in [5.74, 6) is 0.556. The van der Waals surface area contributed by atoms with Crippen molar-refractivity contribution in [3.63, 3.8) is 0 Å². The molecular formula is C6H13NO2. The Morgan fingerprint density at radius 2 is 1.89 bits per heavy atom. The Kier molecular flexibility index (Phi) is 2.45. The topological polar surface area (TPSA) is 30.5 Å². The van der Waals surface area contributed by atoms with Gasteiger partial charge < -0.3 is 14.8 Å². The molecule has 0 aromatic heterocycles. The molecule has 0 radical (unpaired) electrons. The van der Waals surface area contributed by atoms with Crippen LogP contribution in [-0.4, -0.2) is 33.6 Å². The van der Waals surface area contributed by atoms with Crippen LogP contribution < -0.4 is 5.32 Å². The number of methoxy groups -OCH3 is 2. The summed E-state index contributed by atoms with van der Waals surface area (Å²) in [6.07, 6.45) is -0.00810. The molecule has 1 N–H and O–H groups in total. The SMILES string of the molecule is COC(OC)C1CNC1. The molecule has 1 rings (SSSR count). The van der Waals surface area contributed by atoms with Crippen LogP contribution in [0.25, 0.3) is 0 Å². The fourth-order valence-electron chi connectivity index (χ4n) is 0.985. The number of ether oxygens (including phenoxy) is 2. The fraction of sp³-hybridized carbons (Fsp3) is 1.00. The Morgan fingerprint density at radius 3 is 2.00 bits per heavy atom. The molecule has 9 heavy (non-hydrogen) atoms. The monoisotopic (exact) mass is 131 g/mol. The quantitative estimate of drug-likeness (QED) is 0.539. The molecule has 0 spiro atoms. The molecule has 1 heterocycles. The van der Waals surface area contributed by atoms with Gasteiger partial charge in [0.25, 0.3) is 0 Å². The average Bonchev–Trinajstić information content (AvgIpc) is 1.78. The minimum atomic E-state index is -0.00810. The molecule has 0 aromatic carbocycles. The molecule has 0 unspecified atom stereocenters. The van der Waals surface area contributed by atoms with Gasteiger partial charge in [-0.25, -0.2) is 0 Å². The van der Waals surface area contributed by atoms with Crippen LogP contribution in [0.5, 0.6) is 0 Å². The van der Waals surface area contributed by atoms with Gasteiger partial charge in [-0.3, -0.25) is 0 Å². The number of hydrogen-bond donors (Lipinski definition) is 1. The van der Waals surface area contributed by atoms with E-state index in [1.54, 1.807) is 14.2 Å². The Balaban J connectivity index is 2.19. The van der Waals surface area contributed by atoms with Crippen molar-refractivity contribution >= 4 is 0 Å². The average molecular weight is 131 g/mol. The van der Waals surface area contributed by atoms with E-state index in [1.807, 2.05) is 0 Å². The maximum atomic E-state index is 5.04. The molecule has 0 aromatic rings. The summed E-state index contributed by atoms with van der Waals surface area (Å²) in [5, 5.41) is 3.15. The van der Waals surface area contributed by atoms with Crippen molar-refractivity contribution in [1.82, 2.24) is 5.32 Å². The summed E-state index contributed by atoms with van der Waals surface area (Å²) in [5.41, 5.74) is 0. The van der Waals surface area contributed by atoms with Gasteiger partial charge in [-0.05, 0) is 0 Å². The van der Waals surface area contributed by atoms with Gasteiger partial charge in [0.2, 0.25) is 0 Å². The normalized spacial score (nSPS) is 20.3. The third-order valence-electron chi connectivity index (χ3n) is 1.66. The molecule has 1 aliphatic heterocycles. The molecule has 0 atom stereocenters. The molecule has 1 fully saturated rings. The van der Waals surface area contributed by atoms with E-state index < -0.39 is 0 Å². The van der Waals surface area contributed by atoms with Crippen LogP contribution in [-0.2, 0) is 9.47 Å². The molecule has 54 valence electrons. The van der Waals surface area contributed by atoms with Crippen LogP contribution in [0.1, 0.15) is 0 Å². The van der Waals surface area contributed by atoms with Crippen LogP contribution in [0.4, 0.5) is 0 Å². The molecule has 1 aliphatic rings. The van der Waals surface area contributed by atoms with Gasteiger partial charge in [0.1, 0.15) is 0 Å². The van der Waals surface area contributed by atoms with E-state index in [0.29, 0.717) is 5.92 Å². The van der Waals surface area contributed by atoms with Gasteiger partial charge in [-0.1, -0.05) is 0 Å². The number of nitrogens with one attached hydrogen (secondary N) is 1. The van der Waals surface area contributed by atoms with Crippen LogP contribution >= 0.6 is 0 Å². The van der Waals surface area contributed by atoms with Crippen LogP contribution in [0.15, 0.2) is 0 Å². The molecular weight excluding hydrogens is 118 g/mol. The summed E-state index contributed by atoms with van der Waals surface area (Å²) < 4.78 is 10.1. The first-order chi connectivity index (χ1) is 4.38. The van der Waals surface area contributed by atoms with E-state index >= 15 is 0 Å². The minimum Gasteiger partial charge on any atom is -0.356 e. The van der Waals surface area contributed by atoms with Gasteiger partial charge in [-0.15, -0.1) is 0 Å².